The second-order valence-corrected chi connectivity index (χ2v) is 5.61. The number of hydrogen-bond donors (Lipinski definition) is 2. The summed E-state index contributed by atoms with van der Waals surface area (Å²) in [6.07, 6.45) is 0. The van der Waals surface area contributed by atoms with Crippen molar-refractivity contribution >= 4 is 30.8 Å². The minimum Gasteiger partial charge on any atom is -0.376 e. The zero-order chi connectivity index (χ0) is 11.6. The van der Waals surface area contributed by atoms with Gasteiger partial charge in [-0.15, -0.1) is 0 Å². The van der Waals surface area contributed by atoms with Gasteiger partial charge in [0.15, 0.2) is 5.85 Å². The molecule has 0 saturated heterocycles. The van der Waals surface area contributed by atoms with Crippen LogP contribution in [0, 0.1) is 0 Å². The van der Waals surface area contributed by atoms with E-state index in [1.807, 2.05) is 0 Å². The topological polar surface area (TPSA) is 66.8 Å². The number of hydrogen-bond acceptors (Lipinski definition) is 3. The molecule has 0 aliphatic carbocycles. The van der Waals surface area contributed by atoms with Gasteiger partial charge in [-0.1, -0.05) is 29.3 Å². The summed E-state index contributed by atoms with van der Waals surface area (Å²) >= 11 is 11.4. The lowest BCUT2D eigenvalue weighted by Crippen LogP contribution is -2.01. The summed E-state index contributed by atoms with van der Waals surface area (Å²) in [5.74, 6) is -1.67. The van der Waals surface area contributed by atoms with E-state index in [-0.39, 0.29) is 10.6 Å². The highest BCUT2D eigenvalue weighted by Gasteiger charge is 2.32. The van der Waals surface area contributed by atoms with Gasteiger partial charge in [-0.05, 0) is 12.1 Å². The Balaban J connectivity index is 3.12. The number of aliphatic hydroxyl groups is 1. The molecule has 2 unspecified atom stereocenters. The molecule has 1 aromatic carbocycles. The van der Waals surface area contributed by atoms with Crippen molar-refractivity contribution < 1.29 is 19.1 Å². The van der Waals surface area contributed by atoms with Crippen molar-refractivity contribution in [1.29, 1.82) is 0 Å². The van der Waals surface area contributed by atoms with Gasteiger partial charge in [0.2, 0.25) is 0 Å². The first-order valence-electron chi connectivity index (χ1n) is 3.89. The van der Waals surface area contributed by atoms with E-state index >= 15 is 0 Å². The third-order valence-corrected chi connectivity index (χ3v) is 3.79. The van der Waals surface area contributed by atoms with E-state index in [9.17, 15) is 14.6 Å². The van der Waals surface area contributed by atoms with E-state index in [1.165, 1.54) is 18.2 Å². The number of aliphatic hydroxyl groups excluding tert-OH is 1. The predicted molar refractivity (Wildman–Crippen MR) is 58.3 cm³/mol. The highest BCUT2D eigenvalue weighted by molar-refractivity contribution is 7.52. The smallest absolute Gasteiger partial charge is 0.360 e. The van der Waals surface area contributed by atoms with Crippen LogP contribution in [-0.2, 0) is 9.09 Å². The lowest BCUT2D eigenvalue weighted by molar-refractivity contribution is 0.191. The Morgan fingerprint density at radius 2 is 2.07 bits per heavy atom. The van der Waals surface area contributed by atoms with Crippen LogP contribution >= 0.6 is 30.8 Å². The monoisotopic (exact) mass is 270 g/mol. The van der Waals surface area contributed by atoms with Gasteiger partial charge in [-0.2, -0.15) is 0 Å². The van der Waals surface area contributed by atoms with Gasteiger partial charge in [0, 0.05) is 22.7 Å². The SMILES string of the molecule is COP(=O)(O)C(O)c1ccc(Cl)cc1Cl. The average Bonchev–Trinajstić information content (AvgIpc) is 2.17. The quantitative estimate of drug-likeness (QED) is 0.829. The minimum atomic E-state index is -4.10. The van der Waals surface area contributed by atoms with Crippen molar-refractivity contribution in [2.45, 2.75) is 5.85 Å². The fourth-order valence-electron chi connectivity index (χ4n) is 0.987. The largest absolute Gasteiger partial charge is 0.376 e. The minimum absolute atomic E-state index is 0.105. The Kier molecular flexibility index (Phi) is 4.18. The average molecular weight is 271 g/mol. The number of benzene rings is 1. The van der Waals surface area contributed by atoms with Crippen LogP contribution in [0.1, 0.15) is 11.4 Å². The molecule has 2 N–H and O–H groups in total. The van der Waals surface area contributed by atoms with Crippen molar-refractivity contribution in [3.63, 3.8) is 0 Å². The number of halogens is 2. The Morgan fingerprint density at radius 3 is 2.53 bits per heavy atom. The summed E-state index contributed by atoms with van der Waals surface area (Å²) in [6, 6.07) is 4.20. The second-order valence-electron chi connectivity index (χ2n) is 2.79. The van der Waals surface area contributed by atoms with Gasteiger partial charge in [0.1, 0.15) is 0 Å². The summed E-state index contributed by atoms with van der Waals surface area (Å²) < 4.78 is 15.6. The summed E-state index contributed by atoms with van der Waals surface area (Å²) in [4.78, 5) is 9.23. The lowest BCUT2D eigenvalue weighted by Gasteiger charge is -2.17. The fourth-order valence-corrected chi connectivity index (χ4v) is 2.35. The van der Waals surface area contributed by atoms with Crippen LogP contribution in [0.3, 0.4) is 0 Å². The standard InChI is InChI=1S/C8H9Cl2O4P/c1-14-15(12,13)8(11)6-3-2-5(9)4-7(6)10/h2-4,8,11H,1H3,(H,12,13). The molecule has 0 amide bonds. The molecule has 0 aliphatic rings. The van der Waals surface area contributed by atoms with Crippen molar-refractivity contribution in [1.82, 2.24) is 0 Å². The molecule has 0 spiro atoms. The Morgan fingerprint density at radius 1 is 1.47 bits per heavy atom. The molecule has 1 aromatic rings. The lowest BCUT2D eigenvalue weighted by atomic mass is 10.2. The van der Waals surface area contributed by atoms with Gasteiger partial charge in [0.05, 0.1) is 0 Å². The fraction of sp³-hybridized carbons (Fsp3) is 0.250. The maximum absolute atomic E-state index is 11.3. The summed E-state index contributed by atoms with van der Waals surface area (Å²) in [5.41, 5.74) is 0.105. The molecule has 0 bridgehead atoms. The van der Waals surface area contributed by atoms with Crippen LogP contribution in [0.15, 0.2) is 18.2 Å². The Bertz CT molecular complexity index is 410. The van der Waals surface area contributed by atoms with Gasteiger partial charge < -0.3 is 14.5 Å². The predicted octanol–water partition coefficient (Wildman–Crippen LogP) is 2.82. The van der Waals surface area contributed by atoms with Crippen LogP contribution in [0.4, 0.5) is 0 Å². The van der Waals surface area contributed by atoms with E-state index < -0.39 is 13.4 Å². The first-order chi connectivity index (χ1) is 6.88. The van der Waals surface area contributed by atoms with Crippen molar-refractivity contribution in [3.05, 3.63) is 33.8 Å². The first-order valence-corrected chi connectivity index (χ1v) is 6.30. The molecule has 2 atom stereocenters. The van der Waals surface area contributed by atoms with Gasteiger partial charge in [0.25, 0.3) is 0 Å². The third-order valence-electron chi connectivity index (χ3n) is 1.81. The molecule has 0 aromatic heterocycles. The van der Waals surface area contributed by atoms with Crippen LogP contribution in [0.5, 0.6) is 0 Å². The summed E-state index contributed by atoms with van der Waals surface area (Å²) in [6.45, 7) is 0. The normalized spacial score (nSPS) is 17.1. The van der Waals surface area contributed by atoms with Crippen LogP contribution in [-0.4, -0.2) is 17.1 Å². The van der Waals surface area contributed by atoms with Crippen LogP contribution < -0.4 is 0 Å². The van der Waals surface area contributed by atoms with Crippen molar-refractivity contribution in [3.8, 4) is 0 Å². The Labute approximate surface area is 96.9 Å². The van der Waals surface area contributed by atoms with E-state index in [4.69, 9.17) is 23.2 Å². The second kappa shape index (κ2) is 4.83. The highest BCUT2D eigenvalue weighted by atomic mass is 35.5. The molecule has 7 heteroatoms. The first kappa shape index (κ1) is 13.0. The van der Waals surface area contributed by atoms with Crippen LogP contribution in [0.2, 0.25) is 10.0 Å². The molecule has 15 heavy (non-hydrogen) atoms. The maximum Gasteiger partial charge on any atom is 0.360 e. The zero-order valence-electron chi connectivity index (χ0n) is 7.72. The van der Waals surface area contributed by atoms with E-state index in [0.29, 0.717) is 5.02 Å². The molecule has 84 valence electrons. The molecule has 1 rings (SSSR count). The molecular formula is C8H9Cl2O4P. The van der Waals surface area contributed by atoms with Gasteiger partial charge in [-0.3, -0.25) is 4.57 Å². The van der Waals surface area contributed by atoms with E-state index in [0.717, 1.165) is 7.11 Å². The Hall–Kier alpha value is -0.0900. The van der Waals surface area contributed by atoms with Gasteiger partial charge in [-0.25, -0.2) is 0 Å². The zero-order valence-corrected chi connectivity index (χ0v) is 10.1. The molecule has 0 aliphatic heterocycles. The van der Waals surface area contributed by atoms with Crippen molar-refractivity contribution in [2.24, 2.45) is 0 Å². The molecule has 0 radical (unpaired) electrons. The van der Waals surface area contributed by atoms with E-state index in [1.54, 1.807) is 0 Å². The van der Waals surface area contributed by atoms with Gasteiger partial charge >= 0.3 is 7.60 Å². The molecule has 0 saturated carbocycles. The van der Waals surface area contributed by atoms with Crippen molar-refractivity contribution in [2.75, 3.05) is 7.11 Å². The highest BCUT2D eigenvalue weighted by Crippen LogP contribution is 2.55. The molecule has 0 fully saturated rings. The maximum atomic E-state index is 11.3. The summed E-state index contributed by atoms with van der Waals surface area (Å²) in [7, 11) is -3.06. The molecular weight excluding hydrogens is 262 g/mol. The summed E-state index contributed by atoms with van der Waals surface area (Å²) in [5, 5.41) is 10.0. The number of rotatable bonds is 3. The molecule has 4 nitrogen and oxygen atoms in total. The van der Waals surface area contributed by atoms with E-state index in [2.05, 4.69) is 4.52 Å². The van der Waals surface area contributed by atoms with Crippen LogP contribution in [0.25, 0.3) is 0 Å². The molecule has 0 heterocycles. The third kappa shape index (κ3) is 2.94.